The smallest absolute Gasteiger partial charge is 0.264 e. The Bertz CT molecular complexity index is 955. The van der Waals surface area contributed by atoms with Crippen LogP contribution in [0.5, 0.6) is 0 Å². The monoisotopic (exact) mass is 422 g/mol. The third-order valence-corrected chi connectivity index (χ3v) is 6.83. The number of sulfonamides is 1. The number of aryl methyl sites for hydroxylation is 1. The molecule has 0 bridgehead atoms. The molecule has 8 heteroatoms. The molecule has 2 aromatic rings. The zero-order valence-corrected chi connectivity index (χ0v) is 17.4. The summed E-state index contributed by atoms with van der Waals surface area (Å²) in [5, 5.41) is 3.32. The summed E-state index contributed by atoms with van der Waals surface area (Å²) < 4.78 is 32.6. The highest BCUT2D eigenvalue weighted by Gasteiger charge is 2.24. The normalized spacial score (nSPS) is 16.8. The molecular weight excluding hydrogens is 400 g/mol. The number of carbonyl (C=O) groups is 1. The summed E-state index contributed by atoms with van der Waals surface area (Å²) >= 11 is 5.85. The largest absolute Gasteiger partial charge is 0.376 e. The van der Waals surface area contributed by atoms with E-state index < -0.39 is 10.0 Å². The Kier molecular flexibility index (Phi) is 6.27. The average molecular weight is 423 g/mol. The third kappa shape index (κ3) is 4.48. The summed E-state index contributed by atoms with van der Waals surface area (Å²) in [7, 11) is -2.30. The number of amides is 1. The number of nitrogens with zero attached hydrogens (tertiary/aromatic N) is 1. The van der Waals surface area contributed by atoms with Crippen LogP contribution in [0.15, 0.2) is 47.4 Å². The van der Waals surface area contributed by atoms with Gasteiger partial charge in [-0.1, -0.05) is 17.7 Å². The quantitative estimate of drug-likeness (QED) is 0.774. The van der Waals surface area contributed by atoms with Gasteiger partial charge < -0.3 is 10.1 Å². The first kappa shape index (κ1) is 20.6. The Hall–Kier alpha value is -2.09. The fourth-order valence-corrected chi connectivity index (χ4v) is 4.48. The lowest BCUT2D eigenvalue weighted by Crippen LogP contribution is -2.32. The van der Waals surface area contributed by atoms with Gasteiger partial charge in [0.1, 0.15) is 0 Å². The van der Waals surface area contributed by atoms with E-state index in [1.165, 1.54) is 35.6 Å². The van der Waals surface area contributed by atoms with E-state index in [1.807, 2.05) is 0 Å². The highest BCUT2D eigenvalue weighted by atomic mass is 35.5. The lowest BCUT2D eigenvalue weighted by atomic mass is 10.1. The predicted octanol–water partition coefficient (Wildman–Crippen LogP) is 3.38. The Balaban J connectivity index is 1.81. The van der Waals surface area contributed by atoms with Crippen LogP contribution in [-0.2, 0) is 14.8 Å². The van der Waals surface area contributed by atoms with Gasteiger partial charge in [0.05, 0.1) is 16.7 Å². The molecule has 0 aliphatic carbocycles. The van der Waals surface area contributed by atoms with Crippen molar-refractivity contribution in [1.29, 1.82) is 0 Å². The number of hydrogen-bond acceptors (Lipinski definition) is 4. The highest BCUT2D eigenvalue weighted by molar-refractivity contribution is 7.92. The van der Waals surface area contributed by atoms with E-state index in [9.17, 15) is 13.2 Å². The van der Waals surface area contributed by atoms with Gasteiger partial charge in [-0.05, 0) is 61.7 Å². The molecule has 1 fully saturated rings. The van der Waals surface area contributed by atoms with Gasteiger partial charge in [-0.25, -0.2) is 8.42 Å². The molecular formula is C20H23ClN2O4S. The molecule has 1 aliphatic rings. The SMILES string of the molecule is Cc1ccc(C(=O)NC[C@@H]2CCCO2)cc1N(C)S(=O)(=O)c1ccc(Cl)cc1. The molecule has 150 valence electrons. The van der Waals surface area contributed by atoms with Crippen LogP contribution in [0.4, 0.5) is 5.69 Å². The van der Waals surface area contributed by atoms with Crippen molar-refractivity contribution in [2.75, 3.05) is 24.5 Å². The van der Waals surface area contributed by atoms with Gasteiger partial charge >= 0.3 is 0 Å². The number of rotatable bonds is 6. The van der Waals surface area contributed by atoms with Crippen LogP contribution < -0.4 is 9.62 Å². The number of hydrogen-bond donors (Lipinski definition) is 1. The number of nitrogens with one attached hydrogen (secondary N) is 1. The molecule has 1 saturated heterocycles. The van der Waals surface area contributed by atoms with Crippen molar-refractivity contribution >= 4 is 33.2 Å². The van der Waals surface area contributed by atoms with Crippen molar-refractivity contribution in [3.63, 3.8) is 0 Å². The molecule has 1 amide bonds. The molecule has 0 radical (unpaired) electrons. The van der Waals surface area contributed by atoms with Crippen molar-refractivity contribution in [1.82, 2.24) is 5.32 Å². The van der Waals surface area contributed by atoms with Crippen LogP contribution in [0.1, 0.15) is 28.8 Å². The van der Waals surface area contributed by atoms with E-state index in [-0.39, 0.29) is 16.9 Å². The van der Waals surface area contributed by atoms with Crippen LogP contribution in [0.25, 0.3) is 0 Å². The summed E-state index contributed by atoms with van der Waals surface area (Å²) in [4.78, 5) is 12.6. The summed E-state index contributed by atoms with van der Waals surface area (Å²) in [6.45, 7) is 2.97. The van der Waals surface area contributed by atoms with Crippen LogP contribution >= 0.6 is 11.6 Å². The molecule has 6 nitrogen and oxygen atoms in total. The van der Waals surface area contributed by atoms with E-state index in [2.05, 4.69) is 5.32 Å². The molecule has 0 spiro atoms. The fourth-order valence-electron chi connectivity index (χ4n) is 3.10. The second-order valence-electron chi connectivity index (χ2n) is 6.77. The summed E-state index contributed by atoms with van der Waals surface area (Å²) in [6, 6.07) is 11.0. The van der Waals surface area contributed by atoms with Crippen molar-refractivity contribution in [3.05, 3.63) is 58.6 Å². The fraction of sp³-hybridized carbons (Fsp3) is 0.350. The van der Waals surface area contributed by atoms with Gasteiger partial charge in [-0.3, -0.25) is 9.10 Å². The van der Waals surface area contributed by atoms with Crippen molar-refractivity contribution < 1.29 is 17.9 Å². The summed E-state index contributed by atoms with van der Waals surface area (Å²) in [5.74, 6) is -0.256. The second kappa shape index (κ2) is 8.51. The average Bonchev–Trinajstić information content (AvgIpc) is 3.20. The molecule has 2 aromatic carbocycles. The zero-order valence-electron chi connectivity index (χ0n) is 15.8. The van der Waals surface area contributed by atoms with E-state index >= 15 is 0 Å². The predicted molar refractivity (Wildman–Crippen MR) is 110 cm³/mol. The number of anilines is 1. The van der Waals surface area contributed by atoms with Gasteiger partial charge in [0.25, 0.3) is 15.9 Å². The van der Waals surface area contributed by atoms with Gasteiger partial charge in [0.2, 0.25) is 0 Å². The standard InChI is InChI=1S/C20H23ClN2O4S/c1-14-5-6-15(20(24)22-13-17-4-3-11-27-17)12-19(14)23(2)28(25,26)18-9-7-16(21)8-10-18/h5-10,12,17H,3-4,11,13H2,1-2H3,(H,22,24)/t17-/m0/s1. The number of halogens is 1. The minimum absolute atomic E-state index is 0.0434. The van der Waals surface area contributed by atoms with Crippen molar-refractivity contribution in [3.8, 4) is 0 Å². The van der Waals surface area contributed by atoms with E-state index in [0.717, 1.165) is 25.0 Å². The maximum Gasteiger partial charge on any atom is 0.264 e. The van der Waals surface area contributed by atoms with E-state index in [4.69, 9.17) is 16.3 Å². The minimum Gasteiger partial charge on any atom is -0.376 e. The molecule has 28 heavy (non-hydrogen) atoms. The van der Waals surface area contributed by atoms with Gasteiger partial charge in [-0.2, -0.15) is 0 Å². The maximum atomic E-state index is 12.9. The van der Waals surface area contributed by atoms with Crippen LogP contribution in [0.3, 0.4) is 0 Å². The third-order valence-electron chi connectivity index (χ3n) is 4.80. The number of carbonyl (C=O) groups excluding carboxylic acids is 1. The van der Waals surface area contributed by atoms with E-state index in [1.54, 1.807) is 25.1 Å². The molecule has 3 rings (SSSR count). The van der Waals surface area contributed by atoms with Crippen molar-refractivity contribution in [2.45, 2.75) is 30.8 Å². The lowest BCUT2D eigenvalue weighted by Gasteiger charge is -2.22. The number of ether oxygens (including phenoxy) is 1. The zero-order chi connectivity index (χ0) is 20.3. The van der Waals surface area contributed by atoms with E-state index in [0.29, 0.717) is 22.8 Å². The van der Waals surface area contributed by atoms with Gasteiger partial charge in [0.15, 0.2) is 0 Å². The van der Waals surface area contributed by atoms with Crippen molar-refractivity contribution in [2.24, 2.45) is 0 Å². The first-order chi connectivity index (χ1) is 13.3. The Morgan fingerprint density at radius 2 is 1.96 bits per heavy atom. The van der Waals surface area contributed by atoms with Gasteiger partial charge in [-0.15, -0.1) is 0 Å². The molecule has 1 N–H and O–H groups in total. The molecule has 1 atom stereocenters. The Morgan fingerprint density at radius 1 is 1.25 bits per heavy atom. The molecule has 1 aliphatic heterocycles. The molecule has 0 saturated carbocycles. The lowest BCUT2D eigenvalue weighted by molar-refractivity contribution is 0.0858. The topological polar surface area (TPSA) is 75.7 Å². The highest BCUT2D eigenvalue weighted by Crippen LogP contribution is 2.27. The first-order valence-electron chi connectivity index (χ1n) is 9.04. The maximum absolute atomic E-state index is 12.9. The molecule has 0 unspecified atom stereocenters. The Morgan fingerprint density at radius 3 is 2.61 bits per heavy atom. The Labute approximate surface area is 170 Å². The molecule has 1 heterocycles. The summed E-state index contributed by atoms with van der Waals surface area (Å²) in [6.07, 6.45) is 1.98. The van der Waals surface area contributed by atoms with Crippen LogP contribution in [0.2, 0.25) is 5.02 Å². The number of benzene rings is 2. The van der Waals surface area contributed by atoms with Crippen LogP contribution in [0, 0.1) is 6.92 Å². The second-order valence-corrected chi connectivity index (χ2v) is 9.18. The summed E-state index contributed by atoms with van der Waals surface area (Å²) in [5.41, 5.74) is 1.59. The molecule has 0 aromatic heterocycles. The first-order valence-corrected chi connectivity index (χ1v) is 10.9. The van der Waals surface area contributed by atoms with Crippen LogP contribution in [-0.4, -0.2) is 40.6 Å². The minimum atomic E-state index is -3.78. The van der Waals surface area contributed by atoms with Gasteiger partial charge in [0, 0.05) is 30.8 Å².